The minimum Gasteiger partial charge on any atom is -0.496 e. The second-order valence-electron chi connectivity index (χ2n) is 5.58. The quantitative estimate of drug-likeness (QED) is 0.825. The zero-order chi connectivity index (χ0) is 15.3. The van der Waals surface area contributed by atoms with Crippen molar-refractivity contribution in [1.29, 1.82) is 0 Å². The highest BCUT2D eigenvalue weighted by Gasteiger charge is 2.24. The van der Waals surface area contributed by atoms with E-state index in [2.05, 4.69) is 18.3 Å². The van der Waals surface area contributed by atoms with E-state index in [1.165, 1.54) is 5.56 Å². The van der Waals surface area contributed by atoms with Gasteiger partial charge in [-0.05, 0) is 54.3 Å². The Balaban J connectivity index is 1.92. The summed E-state index contributed by atoms with van der Waals surface area (Å²) in [5.74, 6) is 0.913. The standard InChI is InChI=1S/C17H23NO2S/c1-13(10-14-6-4-5-7-16(14)20-3)18-12-17(2,19)15-8-9-21-11-15/h4-9,11,13,18-19H,10,12H2,1-3H3/t13-,17+/m1/s1. The van der Waals surface area contributed by atoms with E-state index < -0.39 is 5.60 Å². The van der Waals surface area contributed by atoms with Gasteiger partial charge in [-0.15, -0.1) is 0 Å². The number of nitrogens with one attached hydrogen (secondary N) is 1. The summed E-state index contributed by atoms with van der Waals surface area (Å²) in [6, 6.07) is 10.3. The van der Waals surface area contributed by atoms with E-state index in [0.29, 0.717) is 6.54 Å². The number of hydrogen-bond donors (Lipinski definition) is 2. The van der Waals surface area contributed by atoms with E-state index in [9.17, 15) is 5.11 Å². The molecule has 1 heterocycles. The largest absolute Gasteiger partial charge is 0.496 e. The Labute approximate surface area is 130 Å². The van der Waals surface area contributed by atoms with Crippen molar-refractivity contribution in [2.75, 3.05) is 13.7 Å². The van der Waals surface area contributed by atoms with Gasteiger partial charge in [0.15, 0.2) is 0 Å². The Morgan fingerprint density at radius 2 is 2.10 bits per heavy atom. The van der Waals surface area contributed by atoms with Crippen LogP contribution in [0.2, 0.25) is 0 Å². The van der Waals surface area contributed by atoms with Gasteiger partial charge in [-0.3, -0.25) is 0 Å². The molecule has 2 rings (SSSR count). The summed E-state index contributed by atoms with van der Waals surface area (Å²) >= 11 is 1.60. The average molecular weight is 305 g/mol. The highest BCUT2D eigenvalue weighted by molar-refractivity contribution is 7.08. The molecule has 0 aliphatic rings. The minimum absolute atomic E-state index is 0.256. The molecule has 0 aliphatic heterocycles. The van der Waals surface area contributed by atoms with Crippen LogP contribution >= 0.6 is 11.3 Å². The third-order valence-corrected chi connectivity index (χ3v) is 4.34. The topological polar surface area (TPSA) is 41.5 Å². The summed E-state index contributed by atoms with van der Waals surface area (Å²) in [5, 5.41) is 17.9. The number of benzene rings is 1. The van der Waals surface area contributed by atoms with Crippen molar-refractivity contribution in [1.82, 2.24) is 5.32 Å². The number of methoxy groups -OCH3 is 1. The molecule has 114 valence electrons. The summed E-state index contributed by atoms with van der Waals surface area (Å²) in [4.78, 5) is 0. The van der Waals surface area contributed by atoms with Crippen molar-refractivity contribution in [2.45, 2.75) is 31.9 Å². The molecule has 0 fully saturated rings. The summed E-state index contributed by atoms with van der Waals surface area (Å²) in [6.45, 7) is 4.49. The smallest absolute Gasteiger partial charge is 0.122 e. The van der Waals surface area contributed by atoms with Gasteiger partial charge >= 0.3 is 0 Å². The maximum Gasteiger partial charge on any atom is 0.122 e. The summed E-state index contributed by atoms with van der Waals surface area (Å²) < 4.78 is 5.37. The van der Waals surface area contributed by atoms with Crippen LogP contribution in [0.4, 0.5) is 0 Å². The summed E-state index contributed by atoms with van der Waals surface area (Å²) in [6.07, 6.45) is 0.865. The van der Waals surface area contributed by atoms with Crippen molar-refractivity contribution in [3.8, 4) is 5.75 Å². The Bertz CT molecular complexity index is 552. The van der Waals surface area contributed by atoms with Crippen LogP contribution in [0.3, 0.4) is 0 Å². The lowest BCUT2D eigenvalue weighted by atomic mass is 9.98. The number of rotatable bonds is 7. The summed E-state index contributed by atoms with van der Waals surface area (Å²) in [7, 11) is 1.69. The molecule has 4 heteroatoms. The molecule has 0 spiro atoms. The number of ether oxygens (including phenoxy) is 1. The van der Waals surface area contributed by atoms with Crippen molar-refractivity contribution in [2.24, 2.45) is 0 Å². The first-order chi connectivity index (χ1) is 10.0. The lowest BCUT2D eigenvalue weighted by Gasteiger charge is -2.25. The number of hydrogen-bond acceptors (Lipinski definition) is 4. The molecule has 21 heavy (non-hydrogen) atoms. The molecule has 0 saturated carbocycles. The summed E-state index contributed by atoms with van der Waals surface area (Å²) in [5.41, 5.74) is 1.30. The van der Waals surface area contributed by atoms with Gasteiger partial charge in [-0.1, -0.05) is 18.2 Å². The molecule has 1 aromatic carbocycles. The molecule has 2 N–H and O–H groups in total. The number of para-hydroxylation sites is 1. The molecule has 3 nitrogen and oxygen atoms in total. The average Bonchev–Trinajstić information content (AvgIpc) is 3.01. The van der Waals surface area contributed by atoms with Crippen LogP contribution in [0.15, 0.2) is 41.1 Å². The predicted molar refractivity (Wildman–Crippen MR) is 88.1 cm³/mol. The zero-order valence-electron chi connectivity index (χ0n) is 12.8. The molecular formula is C17H23NO2S. The molecule has 1 aromatic heterocycles. The van der Waals surface area contributed by atoms with Crippen LogP contribution in [-0.2, 0) is 12.0 Å². The molecule has 0 aliphatic carbocycles. The van der Waals surface area contributed by atoms with E-state index >= 15 is 0 Å². The number of thiophene rings is 1. The van der Waals surface area contributed by atoms with Gasteiger partial charge in [0.1, 0.15) is 5.75 Å². The fourth-order valence-corrected chi connectivity index (χ4v) is 3.10. The second kappa shape index (κ2) is 7.07. The van der Waals surface area contributed by atoms with Gasteiger partial charge in [-0.2, -0.15) is 11.3 Å². The third kappa shape index (κ3) is 4.30. The Morgan fingerprint density at radius 1 is 1.33 bits per heavy atom. The van der Waals surface area contributed by atoms with Crippen molar-refractivity contribution in [3.63, 3.8) is 0 Å². The van der Waals surface area contributed by atoms with Crippen LogP contribution in [0, 0.1) is 0 Å². The van der Waals surface area contributed by atoms with Crippen LogP contribution in [0.25, 0.3) is 0 Å². The first-order valence-electron chi connectivity index (χ1n) is 7.13. The van der Waals surface area contributed by atoms with Crippen molar-refractivity contribution >= 4 is 11.3 Å². The maximum atomic E-state index is 10.5. The highest BCUT2D eigenvalue weighted by atomic mass is 32.1. The van der Waals surface area contributed by atoms with E-state index in [-0.39, 0.29) is 6.04 Å². The predicted octanol–water partition coefficient (Wildman–Crippen LogP) is 3.19. The third-order valence-electron chi connectivity index (χ3n) is 3.66. The van der Waals surface area contributed by atoms with Gasteiger partial charge in [-0.25, -0.2) is 0 Å². The Kier molecular flexibility index (Phi) is 5.39. The molecule has 0 radical (unpaired) electrons. The van der Waals surface area contributed by atoms with E-state index in [4.69, 9.17) is 4.74 Å². The monoisotopic (exact) mass is 305 g/mol. The van der Waals surface area contributed by atoms with Crippen LogP contribution in [0.5, 0.6) is 5.75 Å². The van der Waals surface area contributed by atoms with E-state index in [1.807, 2.05) is 41.9 Å². The maximum absolute atomic E-state index is 10.5. The first-order valence-corrected chi connectivity index (χ1v) is 8.07. The molecule has 2 aromatic rings. The van der Waals surface area contributed by atoms with Gasteiger partial charge in [0.25, 0.3) is 0 Å². The fraction of sp³-hybridized carbons (Fsp3) is 0.412. The highest BCUT2D eigenvalue weighted by Crippen LogP contribution is 2.23. The molecule has 0 bridgehead atoms. The molecular weight excluding hydrogens is 282 g/mol. The molecule has 0 saturated heterocycles. The Morgan fingerprint density at radius 3 is 2.76 bits per heavy atom. The lowest BCUT2D eigenvalue weighted by Crippen LogP contribution is -2.40. The molecule has 0 amide bonds. The zero-order valence-corrected chi connectivity index (χ0v) is 13.6. The van der Waals surface area contributed by atoms with Crippen molar-refractivity contribution < 1.29 is 9.84 Å². The fourth-order valence-electron chi connectivity index (χ4n) is 2.32. The van der Waals surface area contributed by atoms with Crippen molar-refractivity contribution in [3.05, 3.63) is 52.2 Å². The van der Waals surface area contributed by atoms with Gasteiger partial charge < -0.3 is 15.2 Å². The van der Waals surface area contributed by atoms with Gasteiger partial charge in [0.05, 0.1) is 12.7 Å². The molecule has 2 atom stereocenters. The Hall–Kier alpha value is -1.36. The van der Waals surface area contributed by atoms with Crippen LogP contribution in [-0.4, -0.2) is 24.8 Å². The normalized spacial score (nSPS) is 15.4. The van der Waals surface area contributed by atoms with Gasteiger partial charge in [0.2, 0.25) is 0 Å². The van der Waals surface area contributed by atoms with E-state index in [0.717, 1.165) is 17.7 Å². The first kappa shape index (κ1) is 16.0. The van der Waals surface area contributed by atoms with E-state index in [1.54, 1.807) is 18.4 Å². The van der Waals surface area contributed by atoms with Crippen LogP contribution in [0.1, 0.15) is 25.0 Å². The lowest BCUT2D eigenvalue weighted by molar-refractivity contribution is 0.0548. The van der Waals surface area contributed by atoms with Crippen LogP contribution < -0.4 is 10.1 Å². The van der Waals surface area contributed by atoms with Gasteiger partial charge in [0, 0.05) is 12.6 Å². The molecule has 0 unspecified atom stereocenters. The number of aliphatic hydroxyl groups is 1. The SMILES string of the molecule is COc1ccccc1C[C@@H](C)NC[C@](C)(O)c1ccsc1. The second-order valence-corrected chi connectivity index (χ2v) is 6.36. The minimum atomic E-state index is -0.838.